The Kier molecular flexibility index (Phi) is 7.84. The Balaban J connectivity index is 3.67. The van der Waals surface area contributed by atoms with Crippen molar-refractivity contribution in [2.75, 3.05) is 13.2 Å². The molecule has 0 radical (unpaired) electrons. The van der Waals surface area contributed by atoms with Crippen molar-refractivity contribution in [1.29, 1.82) is 0 Å². The smallest absolute Gasteiger partial charge is 0.330 e. The molecule has 0 fully saturated rings. The Bertz CT molecular complexity index is 214. The van der Waals surface area contributed by atoms with Crippen LogP contribution in [0, 0.1) is 0 Å². The van der Waals surface area contributed by atoms with Gasteiger partial charge in [0.1, 0.15) is 0 Å². The number of carbonyl (C=O) groups is 1. The van der Waals surface area contributed by atoms with Crippen molar-refractivity contribution in [3.8, 4) is 0 Å². The van der Waals surface area contributed by atoms with E-state index in [4.69, 9.17) is 5.11 Å². The zero-order chi connectivity index (χ0) is 9.94. The number of esters is 1. The molecule has 72 valence electrons. The molecule has 1 N–H and O–H groups in total. The molecule has 3 heteroatoms. The molecule has 0 aliphatic carbocycles. The summed E-state index contributed by atoms with van der Waals surface area (Å²) in [5.74, 6) is -0.349. The van der Waals surface area contributed by atoms with Crippen LogP contribution >= 0.6 is 0 Å². The average molecular weight is 182 g/mol. The Morgan fingerprint density at radius 1 is 1.31 bits per heavy atom. The number of aliphatic hydroxyl groups is 1. The molecule has 0 saturated heterocycles. The molecule has 0 heterocycles. The summed E-state index contributed by atoms with van der Waals surface area (Å²) in [5, 5.41) is 8.37. The van der Waals surface area contributed by atoms with E-state index in [9.17, 15) is 4.79 Å². The highest BCUT2D eigenvalue weighted by Crippen LogP contribution is 1.83. The van der Waals surface area contributed by atoms with Gasteiger partial charge in [-0.05, 0) is 6.92 Å². The van der Waals surface area contributed by atoms with Crippen LogP contribution in [0.2, 0.25) is 0 Å². The van der Waals surface area contributed by atoms with Gasteiger partial charge in [0.15, 0.2) is 0 Å². The number of ether oxygens (including phenoxy) is 1. The first-order chi connectivity index (χ1) is 6.31. The summed E-state index contributed by atoms with van der Waals surface area (Å²) in [6.07, 6.45) is 9.60. The van der Waals surface area contributed by atoms with E-state index in [1.54, 1.807) is 37.3 Å². The van der Waals surface area contributed by atoms with Gasteiger partial charge in [0.2, 0.25) is 0 Å². The van der Waals surface area contributed by atoms with Crippen LogP contribution in [0.4, 0.5) is 0 Å². The number of carbonyl (C=O) groups excluding carboxylic acids is 1. The summed E-state index contributed by atoms with van der Waals surface area (Å²) in [7, 11) is 0. The maximum absolute atomic E-state index is 10.7. The van der Waals surface area contributed by atoms with Gasteiger partial charge in [-0.1, -0.05) is 30.4 Å². The zero-order valence-electron chi connectivity index (χ0n) is 7.64. The molecular formula is C10H14O3. The van der Waals surface area contributed by atoms with E-state index in [0.29, 0.717) is 6.61 Å². The maximum atomic E-state index is 10.7. The lowest BCUT2D eigenvalue weighted by Crippen LogP contribution is -1.98. The molecular weight excluding hydrogens is 168 g/mol. The fourth-order valence-electron chi connectivity index (χ4n) is 0.592. The van der Waals surface area contributed by atoms with Crippen LogP contribution in [0.25, 0.3) is 0 Å². The SMILES string of the molecule is CCOC(=O)/C=C/C=C\C=C\CO. The van der Waals surface area contributed by atoms with Gasteiger partial charge in [-0.25, -0.2) is 4.79 Å². The minimum atomic E-state index is -0.349. The van der Waals surface area contributed by atoms with E-state index < -0.39 is 0 Å². The largest absolute Gasteiger partial charge is 0.463 e. The van der Waals surface area contributed by atoms with Crippen molar-refractivity contribution in [3.05, 3.63) is 36.5 Å². The highest BCUT2D eigenvalue weighted by atomic mass is 16.5. The summed E-state index contributed by atoms with van der Waals surface area (Å²) in [6.45, 7) is 2.16. The Hall–Kier alpha value is -1.35. The maximum Gasteiger partial charge on any atom is 0.330 e. The summed E-state index contributed by atoms with van der Waals surface area (Å²) < 4.78 is 4.65. The van der Waals surface area contributed by atoms with E-state index in [0.717, 1.165) is 0 Å². The highest BCUT2D eigenvalue weighted by Gasteiger charge is 1.89. The van der Waals surface area contributed by atoms with Crippen LogP contribution in [0.15, 0.2) is 36.5 Å². The van der Waals surface area contributed by atoms with Crippen LogP contribution in [-0.2, 0) is 9.53 Å². The molecule has 0 aromatic carbocycles. The van der Waals surface area contributed by atoms with E-state index in [1.807, 2.05) is 0 Å². The number of hydrogen-bond acceptors (Lipinski definition) is 3. The second-order valence-corrected chi connectivity index (χ2v) is 2.11. The van der Waals surface area contributed by atoms with Crippen molar-refractivity contribution >= 4 is 5.97 Å². The first-order valence-electron chi connectivity index (χ1n) is 4.08. The first-order valence-corrected chi connectivity index (χ1v) is 4.08. The molecule has 13 heavy (non-hydrogen) atoms. The average Bonchev–Trinajstić information content (AvgIpc) is 2.11. The third kappa shape index (κ3) is 8.56. The van der Waals surface area contributed by atoms with Gasteiger partial charge in [-0.3, -0.25) is 0 Å². The molecule has 0 atom stereocenters. The second-order valence-electron chi connectivity index (χ2n) is 2.11. The van der Waals surface area contributed by atoms with Crippen LogP contribution in [0.3, 0.4) is 0 Å². The second kappa shape index (κ2) is 8.74. The number of allylic oxidation sites excluding steroid dienone is 4. The first kappa shape index (κ1) is 11.6. The third-order valence-corrected chi connectivity index (χ3v) is 1.09. The molecule has 0 aromatic rings. The van der Waals surface area contributed by atoms with Gasteiger partial charge in [-0.2, -0.15) is 0 Å². The molecule has 0 unspecified atom stereocenters. The topological polar surface area (TPSA) is 46.5 Å². The molecule has 0 aromatic heterocycles. The minimum Gasteiger partial charge on any atom is -0.463 e. The van der Waals surface area contributed by atoms with E-state index in [2.05, 4.69) is 4.74 Å². The fraction of sp³-hybridized carbons (Fsp3) is 0.300. The Morgan fingerprint density at radius 3 is 2.62 bits per heavy atom. The predicted molar refractivity (Wildman–Crippen MR) is 51.1 cm³/mol. The normalized spacial score (nSPS) is 11.8. The predicted octanol–water partition coefficient (Wildman–Crippen LogP) is 1.21. The van der Waals surface area contributed by atoms with E-state index in [1.165, 1.54) is 6.08 Å². The molecule has 0 rings (SSSR count). The summed E-state index contributed by atoms with van der Waals surface area (Å²) in [6, 6.07) is 0. The fourth-order valence-corrected chi connectivity index (χ4v) is 0.592. The lowest BCUT2D eigenvalue weighted by molar-refractivity contribution is -0.137. The van der Waals surface area contributed by atoms with Gasteiger partial charge in [0, 0.05) is 6.08 Å². The summed E-state index contributed by atoms with van der Waals surface area (Å²) in [4.78, 5) is 10.7. The quantitative estimate of drug-likeness (QED) is 0.395. The van der Waals surface area contributed by atoms with Crippen LogP contribution < -0.4 is 0 Å². The number of rotatable bonds is 5. The minimum absolute atomic E-state index is 0.0198. The summed E-state index contributed by atoms with van der Waals surface area (Å²) in [5.41, 5.74) is 0. The van der Waals surface area contributed by atoms with Gasteiger partial charge in [0.05, 0.1) is 13.2 Å². The van der Waals surface area contributed by atoms with Crippen molar-refractivity contribution in [2.24, 2.45) is 0 Å². The highest BCUT2D eigenvalue weighted by molar-refractivity contribution is 5.82. The van der Waals surface area contributed by atoms with Crippen molar-refractivity contribution in [2.45, 2.75) is 6.92 Å². The number of aliphatic hydroxyl groups excluding tert-OH is 1. The molecule has 0 amide bonds. The van der Waals surface area contributed by atoms with Gasteiger partial charge in [0.25, 0.3) is 0 Å². The van der Waals surface area contributed by atoms with Crippen molar-refractivity contribution in [3.63, 3.8) is 0 Å². The van der Waals surface area contributed by atoms with Gasteiger partial charge in [-0.15, -0.1) is 0 Å². The van der Waals surface area contributed by atoms with Crippen molar-refractivity contribution < 1.29 is 14.6 Å². The van der Waals surface area contributed by atoms with Gasteiger partial charge < -0.3 is 9.84 Å². The standard InChI is InChI=1S/C10H14O3/c1-2-13-10(12)8-6-4-3-5-7-9-11/h3-8,11H,2,9H2,1H3/b4-3-,7-5+,8-6+. The molecule has 0 aliphatic rings. The molecule has 0 saturated carbocycles. The molecule has 0 spiro atoms. The third-order valence-electron chi connectivity index (χ3n) is 1.09. The van der Waals surface area contributed by atoms with Crippen LogP contribution in [0.1, 0.15) is 6.92 Å². The van der Waals surface area contributed by atoms with Crippen LogP contribution in [-0.4, -0.2) is 24.3 Å². The molecule has 0 aliphatic heterocycles. The number of hydrogen-bond donors (Lipinski definition) is 1. The zero-order valence-corrected chi connectivity index (χ0v) is 7.64. The Labute approximate surface area is 78.0 Å². The van der Waals surface area contributed by atoms with Crippen LogP contribution in [0.5, 0.6) is 0 Å². The lowest BCUT2D eigenvalue weighted by atomic mass is 10.4. The van der Waals surface area contributed by atoms with Gasteiger partial charge >= 0.3 is 5.97 Å². The monoisotopic (exact) mass is 182 g/mol. The molecule has 0 bridgehead atoms. The van der Waals surface area contributed by atoms with E-state index in [-0.39, 0.29) is 12.6 Å². The Morgan fingerprint density at radius 2 is 2.00 bits per heavy atom. The lowest BCUT2D eigenvalue weighted by Gasteiger charge is -1.92. The summed E-state index contributed by atoms with van der Waals surface area (Å²) >= 11 is 0. The van der Waals surface area contributed by atoms with E-state index >= 15 is 0 Å². The van der Waals surface area contributed by atoms with Crippen molar-refractivity contribution in [1.82, 2.24) is 0 Å². The molecule has 3 nitrogen and oxygen atoms in total.